The van der Waals surface area contributed by atoms with Gasteiger partial charge >= 0.3 is 0 Å². The average molecular weight is 209 g/mol. The van der Waals surface area contributed by atoms with Crippen LogP contribution in [0, 0.1) is 5.92 Å². The molecule has 1 amide bonds. The maximum atomic E-state index is 11.9. The van der Waals surface area contributed by atoms with E-state index in [1.807, 2.05) is 6.92 Å². The van der Waals surface area contributed by atoms with Crippen LogP contribution >= 0.6 is 0 Å². The Bertz CT molecular complexity index is 336. The molecule has 0 radical (unpaired) electrons. The van der Waals surface area contributed by atoms with E-state index in [0.29, 0.717) is 18.3 Å². The van der Waals surface area contributed by atoms with Crippen LogP contribution in [0.2, 0.25) is 0 Å². The molecule has 15 heavy (non-hydrogen) atoms. The average Bonchev–Trinajstić information content (AvgIpc) is 2.85. The minimum Gasteiger partial charge on any atom is -0.333 e. The second-order valence-electron chi connectivity index (χ2n) is 3.98. The molecule has 0 saturated carbocycles. The summed E-state index contributed by atoms with van der Waals surface area (Å²) >= 11 is 0. The van der Waals surface area contributed by atoms with Gasteiger partial charge in [-0.1, -0.05) is 0 Å². The number of H-pyrrole nitrogens is 1. The minimum absolute atomic E-state index is 0.0871. The zero-order valence-electron chi connectivity index (χ0n) is 8.68. The number of carbonyl (C=O) groups excluding carboxylic acids is 1. The summed E-state index contributed by atoms with van der Waals surface area (Å²) in [4.78, 5) is 17.6. The molecule has 1 aliphatic heterocycles. The second-order valence-corrected chi connectivity index (χ2v) is 3.98. The number of nitrogens with one attached hydrogen (secondary N) is 1. The van der Waals surface area contributed by atoms with Crippen LogP contribution in [0.3, 0.4) is 0 Å². The summed E-state index contributed by atoms with van der Waals surface area (Å²) in [6.45, 7) is 3.38. The standard InChI is InChI=1S/C9H15N5O/c1-6-2-7(3-10)4-14(6)9(15)8-11-5-12-13-8/h5-7H,2-4,10H2,1H3,(H,11,12,13). The van der Waals surface area contributed by atoms with E-state index in [1.165, 1.54) is 6.33 Å². The largest absolute Gasteiger partial charge is 0.333 e. The summed E-state index contributed by atoms with van der Waals surface area (Å²) < 4.78 is 0. The topological polar surface area (TPSA) is 87.9 Å². The zero-order chi connectivity index (χ0) is 10.8. The van der Waals surface area contributed by atoms with E-state index in [0.717, 1.165) is 13.0 Å². The quantitative estimate of drug-likeness (QED) is 0.694. The third-order valence-electron chi connectivity index (χ3n) is 2.87. The SMILES string of the molecule is CC1CC(CN)CN1C(=O)c1ncn[nH]1. The van der Waals surface area contributed by atoms with Crippen LogP contribution in [0.5, 0.6) is 0 Å². The van der Waals surface area contributed by atoms with Gasteiger partial charge in [-0.2, -0.15) is 5.10 Å². The molecule has 0 bridgehead atoms. The van der Waals surface area contributed by atoms with Gasteiger partial charge in [0.2, 0.25) is 5.82 Å². The van der Waals surface area contributed by atoms with Gasteiger partial charge in [0.25, 0.3) is 5.91 Å². The van der Waals surface area contributed by atoms with E-state index >= 15 is 0 Å². The van der Waals surface area contributed by atoms with Crippen molar-refractivity contribution in [1.29, 1.82) is 0 Å². The van der Waals surface area contributed by atoms with Crippen molar-refractivity contribution in [2.24, 2.45) is 11.7 Å². The number of amides is 1. The molecule has 2 rings (SSSR count). The molecule has 0 aromatic carbocycles. The monoisotopic (exact) mass is 209 g/mol. The molecule has 3 N–H and O–H groups in total. The second kappa shape index (κ2) is 3.98. The number of nitrogens with two attached hydrogens (primary N) is 1. The van der Waals surface area contributed by atoms with Crippen LogP contribution in [0.25, 0.3) is 0 Å². The predicted octanol–water partition coefficient (Wildman–Crippen LogP) is -0.386. The number of aromatic nitrogens is 3. The summed E-state index contributed by atoms with van der Waals surface area (Å²) in [7, 11) is 0. The number of rotatable bonds is 2. The Labute approximate surface area is 87.9 Å². The van der Waals surface area contributed by atoms with E-state index in [1.54, 1.807) is 4.90 Å². The van der Waals surface area contributed by atoms with Crippen LogP contribution in [-0.2, 0) is 0 Å². The van der Waals surface area contributed by atoms with Crippen LogP contribution in [0.1, 0.15) is 24.0 Å². The van der Waals surface area contributed by atoms with E-state index in [-0.39, 0.29) is 11.9 Å². The molecule has 1 saturated heterocycles. The molecule has 0 spiro atoms. The maximum absolute atomic E-state index is 11.9. The number of aromatic amines is 1. The molecule has 2 atom stereocenters. The zero-order valence-corrected chi connectivity index (χ0v) is 8.68. The van der Waals surface area contributed by atoms with Gasteiger partial charge in [0, 0.05) is 12.6 Å². The lowest BCUT2D eigenvalue weighted by Gasteiger charge is -2.19. The summed E-state index contributed by atoms with van der Waals surface area (Å²) in [6.07, 6.45) is 2.31. The Balaban J connectivity index is 2.09. The Morgan fingerprint density at radius 1 is 1.80 bits per heavy atom. The number of hydrogen-bond donors (Lipinski definition) is 2. The Hall–Kier alpha value is -1.43. The van der Waals surface area contributed by atoms with E-state index in [2.05, 4.69) is 15.2 Å². The number of hydrogen-bond acceptors (Lipinski definition) is 4. The molecule has 1 aliphatic rings. The fourth-order valence-corrected chi connectivity index (χ4v) is 2.04. The van der Waals surface area contributed by atoms with Crippen LogP contribution < -0.4 is 5.73 Å². The van der Waals surface area contributed by atoms with Crippen molar-refractivity contribution < 1.29 is 4.79 Å². The van der Waals surface area contributed by atoms with Crippen molar-refractivity contribution in [3.63, 3.8) is 0 Å². The van der Waals surface area contributed by atoms with Crippen molar-refractivity contribution in [2.45, 2.75) is 19.4 Å². The molecule has 82 valence electrons. The van der Waals surface area contributed by atoms with Crippen molar-refractivity contribution in [1.82, 2.24) is 20.1 Å². The molecule has 1 fully saturated rings. The highest BCUT2D eigenvalue weighted by molar-refractivity contribution is 5.90. The normalized spacial score (nSPS) is 25.9. The molecule has 6 heteroatoms. The lowest BCUT2D eigenvalue weighted by molar-refractivity contribution is 0.0731. The van der Waals surface area contributed by atoms with E-state index < -0.39 is 0 Å². The van der Waals surface area contributed by atoms with Gasteiger partial charge < -0.3 is 10.6 Å². The number of carbonyl (C=O) groups is 1. The first kappa shape index (κ1) is 10.1. The summed E-state index contributed by atoms with van der Waals surface area (Å²) in [5.74, 6) is 0.627. The van der Waals surface area contributed by atoms with E-state index in [4.69, 9.17) is 5.73 Å². The molecule has 1 aromatic heterocycles. The predicted molar refractivity (Wildman–Crippen MR) is 54.0 cm³/mol. The molecular weight excluding hydrogens is 194 g/mol. The van der Waals surface area contributed by atoms with Gasteiger partial charge in [0.15, 0.2) is 0 Å². The van der Waals surface area contributed by atoms with Gasteiger partial charge in [-0.15, -0.1) is 0 Å². The highest BCUT2D eigenvalue weighted by Crippen LogP contribution is 2.23. The van der Waals surface area contributed by atoms with Gasteiger partial charge in [-0.25, -0.2) is 4.98 Å². The lowest BCUT2D eigenvalue weighted by Crippen LogP contribution is -2.35. The van der Waals surface area contributed by atoms with Gasteiger partial charge in [-0.05, 0) is 25.8 Å². The first-order chi connectivity index (χ1) is 7.22. The smallest absolute Gasteiger partial charge is 0.291 e. The molecule has 1 aromatic rings. The third kappa shape index (κ3) is 1.85. The summed E-state index contributed by atoms with van der Waals surface area (Å²) in [5, 5.41) is 6.25. The highest BCUT2D eigenvalue weighted by Gasteiger charge is 2.33. The van der Waals surface area contributed by atoms with Crippen LogP contribution in [0.4, 0.5) is 0 Å². The summed E-state index contributed by atoms with van der Waals surface area (Å²) in [6, 6.07) is 0.233. The fourth-order valence-electron chi connectivity index (χ4n) is 2.04. The molecule has 6 nitrogen and oxygen atoms in total. The Kier molecular flexibility index (Phi) is 2.68. The van der Waals surface area contributed by atoms with Gasteiger partial charge in [0.05, 0.1) is 0 Å². The van der Waals surface area contributed by atoms with Gasteiger partial charge in [0.1, 0.15) is 6.33 Å². The molecular formula is C9H15N5O. The van der Waals surface area contributed by atoms with Crippen molar-refractivity contribution >= 4 is 5.91 Å². The van der Waals surface area contributed by atoms with Crippen molar-refractivity contribution in [3.8, 4) is 0 Å². The number of nitrogens with zero attached hydrogens (tertiary/aromatic N) is 3. The van der Waals surface area contributed by atoms with Crippen LogP contribution in [-0.4, -0.2) is 45.1 Å². The molecule has 0 aliphatic carbocycles. The van der Waals surface area contributed by atoms with Crippen LogP contribution in [0.15, 0.2) is 6.33 Å². The first-order valence-corrected chi connectivity index (χ1v) is 5.08. The Morgan fingerprint density at radius 2 is 2.60 bits per heavy atom. The Morgan fingerprint density at radius 3 is 3.13 bits per heavy atom. The van der Waals surface area contributed by atoms with Gasteiger partial charge in [-0.3, -0.25) is 9.89 Å². The molecule has 2 heterocycles. The lowest BCUT2D eigenvalue weighted by atomic mass is 10.1. The first-order valence-electron chi connectivity index (χ1n) is 5.08. The fraction of sp³-hybridized carbons (Fsp3) is 0.667. The highest BCUT2D eigenvalue weighted by atomic mass is 16.2. The molecule has 2 unspecified atom stereocenters. The third-order valence-corrected chi connectivity index (χ3v) is 2.87. The van der Waals surface area contributed by atoms with Crippen molar-refractivity contribution in [3.05, 3.63) is 12.2 Å². The van der Waals surface area contributed by atoms with Crippen molar-refractivity contribution in [2.75, 3.05) is 13.1 Å². The van der Waals surface area contributed by atoms with E-state index in [9.17, 15) is 4.79 Å². The maximum Gasteiger partial charge on any atom is 0.291 e. The summed E-state index contributed by atoms with van der Waals surface area (Å²) in [5.41, 5.74) is 5.60. The minimum atomic E-state index is -0.0871. The number of likely N-dealkylation sites (tertiary alicyclic amines) is 1.